The predicted molar refractivity (Wildman–Crippen MR) is 95.8 cm³/mol. The van der Waals surface area contributed by atoms with Gasteiger partial charge in [0.05, 0.1) is 12.7 Å². The van der Waals surface area contributed by atoms with E-state index in [9.17, 15) is 9.18 Å². The van der Waals surface area contributed by atoms with Crippen molar-refractivity contribution in [3.05, 3.63) is 35.6 Å². The van der Waals surface area contributed by atoms with Gasteiger partial charge in [0, 0.05) is 18.0 Å². The van der Waals surface area contributed by atoms with E-state index >= 15 is 0 Å². The molecule has 25 heavy (non-hydrogen) atoms. The van der Waals surface area contributed by atoms with E-state index in [0.29, 0.717) is 6.61 Å². The zero-order valence-corrected chi connectivity index (χ0v) is 15.8. The van der Waals surface area contributed by atoms with Crippen LogP contribution < -0.4 is 0 Å². The summed E-state index contributed by atoms with van der Waals surface area (Å²) in [5.74, 6) is -0.456. The fourth-order valence-electron chi connectivity index (χ4n) is 3.41. The Balaban J connectivity index is 2.17. The number of rotatable bonds is 6. The maximum absolute atomic E-state index is 13.7. The van der Waals surface area contributed by atoms with Gasteiger partial charge in [0.15, 0.2) is 0 Å². The summed E-state index contributed by atoms with van der Waals surface area (Å²) < 4.78 is 24.6. The lowest BCUT2D eigenvalue weighted by Crippen LogP contribution is -2.48. The van der Waals surface area contributed by atoms with E-state index in [-0.39, 0.29) is 36.0 Å². The Morgan fingerprint density at radius 1 is 1.40 bits per heavy atom. The molecule has 2 rings (SSSR count). The number of nitrogens with zero attached hydrogens (tertiary/aromatic N) is 1. The quantitative estimate of drug-likeness (QED) is 0.727. The lowest BCUT2D eigenvalue weighted by Gasteiger charge is -2.43. The van der Waals surface area contributed by atoms with E-state index in [1.165, 1.54) is 12.1 Å². The third-order valence-electron chi connectivity index (χ3n) is 4.70. The minimum absolute atomic E-state index is 0.0757. The van der Waals surface area contributed by atoms with E-state index in [1.54, 1.807) is 13.0 Å². The Labute approximate surface area is 150 Å². The number of ether oxygens (including phenoxy) is 2. The molecule has 2 atom stereocenters. The zero-order valence-electron chi connectivity index (χ0n) is 15.8. The summed E-state index contributed by atoms with van der Waals surface area (Å²) in [5, 5.41) is 0. The van der Waals surface area contributed by atoms with Gasteiger partial charge in [-0.2, -0.15) is 0 Å². The average Bonchev–Trinajstić information content (AvgIpc) is 2.55. The molecule has 1 aliphatic rings. The Kier molecular flexibility index (Phi) is 6.96. The molecule has 1 aliphatic heterocycles. The van der Waals surface area contributed by atoms with E-state index in [4.69, 9.17) is 9.47 Å². The van der Waals surface area contributed by atoms with Crippen LogP contribution in [0, 0.1) is 11.7 Å². The van der Waals surface area contributed by atoms with Crippen molar-refractivity contribution in [3.8, 4) is 0 Å². The van der Waals surface area contributed by atoms with Gasteiger partial charge in [-0.15, -0.1) is 0 Å². The van der Waals surface area contributed by atoms with Crippen LogP contribution in [0.4, 0.5) is 4.39 Å². The van der Waals surface area contributed by atoms with E-state index in [1.807, 2.05) is 6.07 Å². The minimum Gasteiger partial charge on any atom is -0.464 e. The minimum atomic E-state index is -0.382. The normalized spacial score (nSPS) is 20.3. The maximum atomic E-state index is 13.7. The van der Waals surface area contributed by atoms with Crippen LogP contribution in [0.25, 0.3) is 0 Å². The lowest BCUT2D eigenvalue weighted by molar-refractivity contribution is -0.152. The van der Waals surface area contributed by atoms with Crippen LogP contribution in [0.5, 0.6) is 0 Å². The summed E-state index contributed by atoms with van der Waals surface area (Å²) in [6, 6.07) is 6.49. The highest BCUT2D eigenvalue weighted by molar-refractivity contribution is 5.70. The molecule has 0 saturated carbocycles. The van der Waals surface area contributed by atoms with Gasteiger partial charge in [0.25, 0.3) is 0 Å². The molecule has 1 saturated heterocycles. The molecule has 4 nitrogen and oxygen atoms in total. The molecule has 0 amide bonds. The van der Waals surface area contributed by atoms with Crippen molar-refractivity contribution >= 4 is 5.97 Å². The van der Waals surface area contributed by atoms with Crippen LogP contribution in [-0.2, 0) is 14.3 Å². The molecular formula is C20H30FNO3. The first kappa shape index (κ1) is 19.9. The number of piperidine rings is 1. The summed E-state index contributed by atoms with van der Waals surface area (Å²) in [6.07, 6.45) is 1.75. The maximum Gasteiger partial charge on any atom is 0.332 e. The fourth-order valence-corrected chi connectivity index (χ4v) is 3.41. The highest BCUT2D eigenvalue weighted by Crippen LogP contribution is 2.35. The number of carbonyl (C=O) groups is 1. The lowest BCUT2D eigenvalue weighted by atomic mass is 9.86. The molecule has 140 valence electrons. The molecule has 0 aliphatic carbocycles. The number of likely N-dealkylation sites (tertiary alicyclic amines) is 1. The molecule has 0 bridgehead atoms. The smallest absolute Gasteiger partial charge is 0.332 e. The Morgan fingerprint density at radius 3 is 2.80 bits per heavy atom. The van der Waals surface area contributed by atoms with E-state index < -0.39 is 0 Å². The van der Waals surface area contributed by atoms with Crippen LogP contribution in [-0.4, -0.2) is 42.7 Å². The van der Waals surface area contributed by atoms with E-state index in [0.717, 1.165) is 31.5 Å². The van der Waals surface area contributed by atoms with Crippen molar-refractivity contribution < 1.29 is 18.7 Å². The second-order valence-corrected chi connectivity index (χ2v) is 7.61. The summed E-state index contributed by atoms with van der Waals surface area (Å²) in [4.78, 5) is 14.2. The number of benzene rings is 1. The zero-order chi connectivity index (χ0) is 18.4. The number of hydrogen-bond donors (Lipinski definition) is 0. The summed E-state index contributed by atoms with van der Waals surface area (Å²) in [5.41, 5.74) is 0.858. The molecule has 0 unspecified atom stereocenters. The SMILES string of the molecule is CCOC(=O)CO[C@@H](c1cccc(F)c1)[C@@H]1CCCN(C(C)(C)C)C1. The monoisotopic (exact) mass is 351 g/mol. The largest absolute Gasteiger partial charge is 0.464 e. The molecule has 0 N–H and O–H groups in total. The van der Waals surface area contributed by atoms with E-state index in [2.05, 4.69) is 25.7 Å². The third kappa shape index (κ3) is 5.79. The van der Waals surface area contributed by atoms with Crippen LogP contribution in [0.3, 0.4) is 0 Å². The van der Waals surface area contributed by atoms with Crippen LogP contribution in [0.1, 0.15) is 52.2 Å². The Morgan fingerprint density at radius 2 is 2.16 bits per heavy atom. The highest BCUT2D eigenvalue weighted by Gasteiger charge is 2.33. The molecular weight excluding hydrogens is 321 g/mol. The van der Waals surface area contributed by atoms with Gasteiger partial charge in [0.1, 0.15) is 12.4 Å². The number of hydrogen-bond acceptors (Lipinski definition) is 4. The second-order valence-electron chi connectivity index (χ2n) is 7.61. The van der Waals surface area contributed by atoms with Crippen LogP contribution in [0.2, 0.25) is 0 Å². The first-order valence-corrected chi connectivity index (χ1v) is 9.09. The molecule has 0 aromatic heterocycles. The first-order valence-electron chi connectivity index (χ1n) is 9.09. The molecule has 5 heteroatoms. The molecule has 1 heterocycles. The molecule has 1 aromatic rings. The molecule has 0 spiro atoms. The van der Waals surface area contributed by atoms with Gasteiger partial charge in [-0.1, -0.05) is 12.1 Å². The van der Waals surface area contributed by atoms with Gasteiger partial charge in [-0.3, -0.25) is 4.90 Å². The van der Waals surface area contributed by atoms with Crippen molar-refractivity contribution in [1.82, 2.24) is 4.90 Å². The number of carbonyl (C=O) groups excluding carboxylic acids is 1. The molecule has 0 radical (unpaired) electrons. The molecule has 1 aromatic carbocycles. The van der Waals surface area contributed by atoms with Gasteiger partial charge in [-0.05, 0) is 64.8 Å². The van der Waals surface area contributed by atoms with Gasteiger partial charge < -0.3 is 9.47 Å². The fraction of sp³-hybridized carbons (Fsp3) is 0.650. The summed E-state index contributed by atoms with van der Waals surface area (Å²) >= 11 is 0. The van der Waals surface area contributed by atoms with Crippen molar-refractivity contribution in [2.45, 2.75) is 52.2 Å². The van der Waals surface area contributed by atoms with Gasteiger partial charge >= 0.3 is 5.97 Å². The van der Waals surface area contributed by atoms with Crippen molar-refractivity contribution in [3.63, 3.8) is 0 Å². The van der Waals surface area contributed by atoms with Crippen molar-refractivity contribution in [2.75, 3.05) is 26.3 Å². The Bertz CT molecular complexity index is 570. The predicted octanol–water partition coefficient (Wildman–Crippen LogP) is 3.96. The second kappa shape index (κ2) is 8.77. The standard InChI is InChI=1S/C20H30FNO3/c1-5-24-18(23)14-25-19(15-8-6-10-17(21)12-15)16-9-7-11-22(13-16)20(2,3)4/h6,8,10,12,16,19H,5,7,9,11,13-14H2,1-4H3/t16-,19+/m1/s1. The van der Waals surface area contributed by atoms with Crippen LogP contribution in [0.15, 0.2) is 24.3 Å². The topological polar surface area (TPSA) is 38.8 Å². The van der Waals surface area contributed by atoms with Gasteiger partial charge in [0.2, 0.25) is 0 Å². The van der Waals surface area contributed by atoms with Gasteiger partial charge in [-0.25, -0.2) is 9.18 Å². The van der Waals surface area contributed by atoms with Crippen molar-refractivity contribution in [1.29, 1.82) is 0 Å². The highest BCUT2D eigenvalue weighted by atomic mass is 19.1. The summed E-state index contributed by atoms with van der Waals surface area (Å²) in [7, 11) is 0. The first-order chi connectivity index (χ1) is 11.8. The number of halogens is 1. The Hall–Kier alpha value is -1.46. The third-order valence-corrected chi connectivity index (χ3v) is 4.70. The molecule has 1 fully saturated rings. The van der Waals surface area contributed by atoms with Crippen molar-refractivity contribution in [2.24, 2.45) is 5.92 Å². The number of esters is 1. The average molecular weight is 351 g/mol. The summed E-state index contributed by atoms with van der Waals surface area (Å²) in [6.45, 7) is 10.5. The van der Waals surface area contributed by atoms with Crippen LogP contribution >= 0.6 is 0 Å².